The maximum Gasteiger partial charge on any atom is 0.147 e. The Balaban J connectivity index is 1.82. The molecule has 1 saturated heterocycles. The van der Waals surface area contributed by atoms with E-state index in [-0.39, 0.29) is 0 Å². The smallest absolute Gasteiger partial charge is 0.147 e. The lowest BCUT2D eigenvalue weighted by molar-refractivity contribution is 0.575. The second-order valence-corrected chi connectivity index (χ2v) is 5.59. The summed E-state index contributed by atoms with van der Waals surface area (Å²) < 4.78 is 0. The molecule has 1 fully saturated rings. The molecule has 4 heteroatoms. The van der Waals surface area contributed by atoms with Crippen molar-refractivity contribution < 1.29 is 0 Å². The zero-order valence-corrected chi connectivity index (χ0v) is 11.8. The molecule has 0 N–H and O–H groups in total. The number of para-hydroxylation sites is 2. The number of hydrogen-bond donors (Lipinski definition) is 0. The molecule has 1 aromatic heterocycles. The third-order valence-corrected chi connectivity index (χ3v) is 4.02. The van der Waals surface area contributed by atoms with Crippen LogP contribution in [0.15, 0.2) is 30.5 Å². The topological polar surface area (TPSA) is 29.0 Å². The summed E-state index contributed by atoms with van der Waals surface area (Å²) in [4.78, 5) is 11.5. The lowest BCUT2D eigenvalue weighted by Gasteiger charge is -2.17. The van der Waals surface area contributed by atoms with Gasteiger partial charge in [-0.2, -0.15) is 0 Å². The Morgan fingerprint density at radius 2 is 2.11 bits per heavy atom. The quantitative estimate of drug-likeness (QED) is 0.815. The zero-order valence-electron chi connectivity index (χ0n) is 10.2. The Bertz CT molecular complexity index is 543. The van der Waals surface area contributed by atoms with Gasteiger partial charge >= 0.3 is 0 Å². The first-order valence-electron chi connectivity index (χ1n) is 6.39. The third kappa shape index (κ3) is 2.34. The minimum Gasteiger partial charge on any atom is -0.355 e. The van der Waals surface area contributed by atoms with E-state index in [2.05, 4.69) is 25.8 Å². The monoisotopic (exact) mass is 305 g/mol. The van der Waals surface area contributed by atoms with Crippen LogP contribution < -0.4 is 4.90 Å². The summed E-state index contributed by atoms with van der Waals surface area (Å²) in [5.41, 5.74) is 1.95. The van der Waals surface area contributed by atoms with E-state index in [1.165, 1.54) is 12.8 Å². The van der Waals surface area contributed by atoms with E-state index in [1.54, 1.807) is 0 Å². The second kappa shape index (κ2) is 5.22. The maximum absolute atomic E-state index is 4.70. The summed E-state index contributed by atoms with van der Waals surface area (Å²) in [6.45, 7) is 2.21. The van der Waals surface area contributed by atoms with Gasteiger partial charge in [-0.25, -0.2) is 4.98 Å². The molecule has 1 atom stereocenters. The van der Waals surface area contributed by atoms with E-state index in [9.17, 15) is 0 Å². The molecule has 1 aliphatic heterocycles. The molecule has 3 rings (SSSR count). The molecule has 18 heavy (non-hydrogen) atoms. The van der Waals surface area contributed by atoms with Crippen molar-refractivity contribution in [1.82, 2.24) is 9.97 Å². The van der Waals surface area contributed by atoms with Crippen LogP contribution in [0, 0.1) is 5.92 Å². The number of hydrogen-bond acceptors (Lipinski definition) is 3. The Morgan fingerprint density at radius 1 is 1.28 bits per heavy atom. The van der Waals surface area contributed by atoms with Crippen LogP contribution in [0.5, 0.6) is 0 Å². The van der Waals surface area contributed by atoms with Gasteiger partial charge in [0.2, 0.25) is 0 Å². The molecular weight excluding hydrogens is 290 g/mol. The van der Waals surface area contributed by atoms with E-state index in [4.69, 9.17) is 4.98 Å². The Morgan fingerprint density at radius 3 is 2.94 bits per heavy atom. The lowest BCUT2D eigenvalue weighted by atomic mass is 10.1. The summed E-state index contributed by atoms with van der Waals surface area (Å²) in [7, 11) is 0. The molecule has 0 radical (unpaired) electrons. The van der Waals surface area contributed by atoms with Crippen molar-refractivity contribution in [2.45, 2.75) is 12.8 Å². The van der Waals surface area contributed by atoms with E-state index >= 15 is 0 Å². The Kier molecular flexibility index (Phi) is 3.46. The molecule has 0 saturated carbocycles. The van der Waals surface area contributed by atoms with Crippen LogP contribution in [-0.2, 0) is 0 Å². The van der Waals surface area contributed by atoms with Crippen LogP contribution in [0.4, 0.5) is 5.82 Å². The van der Waals surface area contributed by atoms with Crippen LogP contribution >= 0.6 is 15.9 Å². The molecule has 94 valence electrons. The predicted molar refractivity (Wildman–Crippen MR) is 78.3 cm³/mol. The van der Waals surface area contributed by atoms with Crippen molar-refractivity contribution in [3.8, 4) is 0 Å². The highest BCUT2D eigenvalue weighted by Gasteiger charge is 2.23. The number of benzene rings is 1. The molecule has 0 bridgehead atoms. The van der Waals surface area contributed by atoms with E-state index < -0.39 is 0 Å². The van der Waals surface area contributed by atoms with Gasteiger partial charge in [0, 0.05) is 18.4 Å². The number of nitrogens with zero attached hydrogens (tertiary/aromatic N) is 3. The highest BCUT2D eigenvalue weighted by atomic mass is 79.9. The van der Waals surface area contributed by atoms with Gasteiger partial charge in [0.15, 0.2) is 0 Å². The molecule has 2 aromatic rings. The summed E-state index contributed by atoms with van der Waals surface area (Å²) >= 11 is 3.52. The van der Waals surface area contributed by atoms with Crippen molar-refractivity contribution in [2.75, 3.05) is 23.3 Å². The summed E-state index contributed by atoms with van der Waals surface area (Å²) in [5.74, 6) is 1.81. The number of alkyl halides is 1. The SMILES string of the molecule is BrCCC1CCN(c2cnc3ccccc3n2)C1. The van der Waals surface area contributed by atoms with Gasteiger partial charge in [-0.15, -0.1) is 0 Å². The van der Waals surface area contributed by atoms with Crippen LogP contribution in [-0.4, -0.2) is 28.4 Å². The predicted octanol–water partition coefficient (Wildman–Crippen LogP) is 3.24. The first-order chi connectivity index (χ1) is 8.86. The standard InChI is InChI=1S/C14H16BrN3/c15-7-5-11-6-8-18(10-11)14-9-16-12-3-1-2-4-13(12)17-14/h1-4,9,11H,5-8,10H2. The number of rotatable bonds is 3. The van der Waals surface area contributed by atoms with E-state index in [1.807, 2.05) is 30.5 Å². The molecule has 0 aliphatic carbocycles. The van der Waals surface area contributed by atoms with Gasteiger partial charge < -0.3 is 4.90 Å². The first-order valence-corrected chi connectivity index (χ1v) is 7.51. The number of aromatic nitrogens is 2. The van der Waals surface area contributed by atoms with E-state index in [0.29, 0.717) is 0 Å². The van der Waals surface area contributed by atoms with Crippen LogP contribution in [0.3, 0.4) is 0 Å². The fraction of sp³-hybridized carbons (Fsp3) is 0.429. The molecule has 0 amide bonds. The second-order valence-electron chi connectivity index (χ2n) is 4.80. The highest BCUT2D eigenvalue weighted by Crippen LogP contribution is 2.25. The molecule has 1 unspecified atom stereocenters. The first kappa shape index (κ1) is 11.9. The van der Waals surface area contributed by atoms with Crippen molar-refractivity contribution in [2.24, 2.45) is 5.92 Å². The van der Waals surface area contributed by atoms with Gasteiger partial charge in [-0.05, 0) is 30.9 Å². The van der Waals surface area contributed by atoms with Crippen molar-refractivity contribution in [1.29, 1.82) is 0 Å². The average molecular weight is 306 g/mol. The molecule has 1 aliphatic rings. The highest BCUT2D eigenvalue weighted by molar-refractivity contribution is 9.09. The fourth-order valence-corrected chi connectivity index (χ4v) is 3.18. The zero-order chi connectivity index (χ0) is 12.4. The Labute approximate surface area is 115 Å². The Hall–Kier alpha value is -1.16. The third-order valence-electron chi connectivity index (χ3n) is 3.56. The van der Waals surface area contributed by atoms with Crippen molar-refractivity contribution in [3.05, 3.63) is 30.5 Å². The van der Waals surface area contributed by atoms with Gasteiger partial charge in [0.1, 0.15) is 5.82 Å². The molecule has 2 heterocycles. The average Bonchev–Trinajstić information content (AvgIpc) is 2.87. The molecule has 0 spiro atoms. The van der Waals surface area contributed by atoms with Gasteiger partial charge in [0.05, 0.1) is 17.2 Å². The summed E-state index contributed by atoms with van der Waals surface area (Å²) in [5, 5.41) is 1.09. The van der Waals surface area contributed by atoms with Gasteiger partial charge in [-0.1, -0.05) is 28.1 Å². The van der Waals surface area contributed by atoms with Crippen LogP contribution in [0.25, 0.3) is 11.0 Å². The molecular formula is C14H16BrN3. The van der Waals surface area contributed by atoms with Crippen molar-refractivity contribution in [3.63, 3.8) is 0 Å². The lowest BCUT2D eigenvalue weighted by Crippen LogP contribution is -2.21. The maximum atomic E-state index is 4.70. The fourth-order valence-electron chi connectivity index (χ4n) is 2.53. The summed E-state index contributed by atoms with van der Waals surface area (Å²) in [6, 6.07) is 8.04. The van der Waals surface area contributed by atoms with E-state index in [0.717, 1.165) is 41.2 Å². The molecule has 1 aromatic carbocycles. The van der Waals surface area contributed by atoms with Gasteiger partial charge in [-0.3, -0.25) is 4.98 Å². The van der Waals surface area contributed by atoms with Crippen LogP contribution in [0.2, 0.25) is 0 Å². The van der Waals surface area contributed by atoms with Crippen LogP contribution in [0.1, 0.15) is 12.8 Å². The minimum atomic E-state index is 0.789. The number of anilines is 1. The largest absolute Gasteiger partial charge is 0.355 e. The normalized spacial score (nSPS) is 19.6. The minimum absolute atomic E-state index is 0.789. The number of fused-ring (bicyclic) bond motifs is 1. The molecule has 3 nitrogen and oxygen atoms in total. The summed E-state index contributed by atoms with van der Waals surface area (Å²) in [6.07, 6.45) is 4.41. The number of halogens is 1. The van der Waals surface area contributed by atoms with Crippen molar-refractivity contribution >= 4 is 32.8 Å². The van der Waals surface area contributed by atoms with Gasteiger partial charge in [0.25, 0.3) is 0 Å².